The molecule has 0 aromatic carbocycles. The number of hydrogen-bond acceptors (Lipinski definition) is 3. The van der Waals surface area contributed by atoms with E-state index in [2.05, 4.69) is 40.2 Å². The maximum atomic E-state index is 12.3. The summed E-state index contributed by atoms with van der Waals surface area (Å²) in [5, 5.41) is 7.81. The van der Waals surface area contributed by atoms with E-state index in [1.807, 2.05) is 0 Å². The molecule has 21 heavy (non-hydrogen) atoms. The van der Waals surface area contributed by atoms with Crippen molar-refractivity contribution in [1.82, 2.24) is 9.78 Å². The molecule has 2 rings (SSSR count). The van der Waals surface area contributed by atoms with Crippen LogP contribution in [0.25, 0.3) is 0 Å². The molecular formula is C16H26BrN3O. The molecule has 0 aliphatic heterocycles. The number of rotatable bonds is 6. The second-order valence-corrected chi connectivity index (χ2v) is 6.83. The fraction of sp³-hybridized carbons (Fsp3) is 0.750. The zero-order valence-corrected chi connectivity index (χ0v) is 14.7. The Morgan fingerprint density at radius 1 is 1.43 bits per heavy atom. The smallest absolute Gasteiger partial charge is 0.283 e. The number of anilines is 1. The maximum Gasteiger partial charge on any atom is 0.283 e. The van der Waals surface area contributed by atoms with Crippen molar-refractivity contribution >= 4 is 21.6 Å². The number of halogens is 1. The van der Waals surface area contributed by atoms with Gasteiger partial charge in [0.25, 0.3) is 5.56 Å². The first-order valence-corrected chi connectivity index (χ1v) is 8.97. The Balaban J connectivity index is 2.06. The first-order chi connectivity index (χ1) is 10.2. The van der Waals surface area contributed by atoms with Crippen LogP contribution in [0.2, 0.25) is 0 Å². The molecule has 1 N–H and O–H groups in total. The third-order valence-corrected chi connectivity index (χ3v) is 5.19. The van der Waals surface area contributed by atoms with Gasteiger partial charge in [-0.2, -0.15) is 5.10 Å². The molecule has 1 fully saturated rings. The van der Waals surface area contributed by atoms with Crippen LogP contribution in [-0.4, -0.2) is 15.8 Å². The molecule has 0 spiro atoms. The van der Waals surface area contributed by atoms with Gasteiger partial charge in [-0.05, 0) is 41.1 Å². The van der Waals surface area contributed by atoms with Gasteiger partial charge in [0.1, 0.15) is 4.47 Å². The van der Waals surface area contributed by atoms with E-state index in [-0.39, 0.29) is 5.56 Å². The summed E-state index contributed by atoms with van der Waals surface area (Å²) in [5.41, 5.74) is 0.811. The molecule has 0 bridgehead atoms. The van der Waals surface area contributed by atoms with Crippen molar-refractivity contribution in [1.29, 1.82) is 0 Å². The van der Waals surface area contributed by atoms with E-state index in [1.54, 1.807) is 10.9 Å². The largest absolute Gasteiger partial charge is 0.380 e. The van der Waals surface area contributed by atoms with E-state index < -0.39 is 0 Å². The Hall–Kier alpha value is -0.840. The lowest BCUT2D eigenvalue weighted by Crippen LogP contribution is -2.30. The quantitative estimate of drug-likeness (QED) is 0.832. The van der Waals surface area contributed by atoms with E-state index in [4.69, 9.17) is 0 Å². The molecule has 0 radical (unpaired) electrons. The molecule has 5 heteroatoms. The minimum absolute atomic E-state index is 0.0312. The number of nitrogens with one attached hydrogen (secondary N) is 1. The summed E-state index contributed by atoms with van der Waals surface area (Å²) in [4.78, 5) is 12.3. The topological polar surface area (TPSA) is 46.9 Å². The average Bonchev–Trinajstić information content (AvgIpc) is 2.51. The molecule has 1 saturated carbocycles. The van der Waals surface area contributed by atoms with Gasteiger partial charge in [-0.25, -0.2) is 4.68 Å². The second kappa shape index (κ2) is 7.97. The summed E-state index contributed by atoms with van der Waals surface area (Å²) in [5.74, 6) is 0.813. The van der Waals surface area contributed by atoms with Crippen molar-refractivity contribution in [2.45, 2.75) is 71.4 Å². The van der Waals surface area contributed by atoms with Crippen LogP contribution in [0.3, 0.4) is 0 Å². The SMILES string of the molecule is CCCCn1ncc(NC2CCCC(CC)C2)c(Br)c1=O. The Bertz CT molecular complexity index is 515. The number of unbranched alkanes of at least 4 members (excludes halogenated alkanes) is 1. The van der Waals surface area contributed by atoms with Gasteiger partial charge in [0.15, 0.2) is 0 Å². The molecule has 2 atom stereocenters. The second-order valence-electron chi connectivity index (χ2n) is 6.04. The molecule has 1 aromatic heterocycles. The number of hydrogen-bond donors (Lipinski definition) is 1. The molecule has 0 amide bonds. The van der Waals surface area contributed by atoms with Crippen LogP contribution < -0.4 is 10.9 Å². The Morgan fingerprint density at radius 3 is 2.95 bits per heavy atom. The summed E-state index contributed by atoms with van der Waals surface area (Å²) in [6, 6.07) is 0.465. The van der Waals surface area contributed by atoms with E-state index in [1.165, 1.54) is 32.1 Å². The third-order valence-electron chi connectivity index (χ3n) is 4.43. The zero-order chi connectivity index (χ0) is 15.2. The van der Waals surface area contributed by atoms with Crippen LogP contribution in [0.1, 0.15) is 58.8 Å². The molecule has 0 saturated heterocycles. The summed E-state index contributed by atoms with van der Waals surface area (Å²) in [6.45, 7) is 5.07. The first-order valence-electron chi connectivity index (χ1n) is 8.17. The first kappa shape index (κ1) is 16.5. The van der Waals surface area contributed by atoms with Crippen molar-refractivity contribution in [2.75, 3.05) is 5.32 Å². The summed E-state index contributed by atoms with van der Waals surface area (Å²) < 4.78 is 2.17. The number of nitrogens with zero attached hydrogens (tertiary/aromatic N) is 2. The van der Waals surface area contributed by atoms with Gasteiger partial charge >= 0.3 is 0 Å². The third kappa shape index (κ3) is 4.31. The highest BCUT2D eigenvalue weighted by molar-refractivity contribution is 9.10. The van der Waals surface area contributed by atoms with Crippen molar-refractivity contribution < 1.29 is 0 Å². The van der Waals surface area contributed by atoms with E-state index in [9.17, 15) is 4.79 Å². The van der Waals surface area contributed by atoms with E-state index in [0.29, 0.717) is 17.1 Å². The van der Waals surface area contributed by atoms with Gasteiger partial charge in [-0.15, -0.1) is 0 Å². The summed E-state index contributed by atoms with van der Waals surface area (Å²) >= 11 is 3.45. The number of aromatic nitrogens is 2. The van der Waals surface area contributed by atoms with Crippen LogP contribution in [0.5, 0.6) is 0 Å². The van der Waals surface area contributed by atoms with Gasteiger partial charge < -0.3 is 5.32 Å². The van der Waals surface area contributed by atoms with Crippen molar-refractivity contribution in [3.05, 3.63) is 21.0 Å². The summed E-state index contributed by atoms with van der Waals surface area (Å²) in [7, 11) is 0. The van der Waals surface area contributed by atoms with Crippen LogP contribution >= 0.6 is 15.9 Å². The lowest BCUT2D eigenvalue weighted by atomic mass is 9.84. The van der Waals surface area contributed by atoms with Gasteiger partial charge in [0.05, 0.1) is 11.9 Å². The minimum Gasteiger partial charge on any atom is -0.380 e. The van der Waals surface area contributed by atoms with Crippen molar-refractivity contribution in [3.63, 3.8) is 0 Å². The minimum atomic E-state index is -0.0312. The lowest BCUT2D eigenvalue weighted by Gasteiger charge is -2.30. The molecule has 1 aliphatic carbocycles. The highest BCUT2D eigenvalue weighted by Crippen LogP contribution is 2.29. The molecule has 118 valence electrons. The number of aryl methyl sites for hydroxylation is 1. The van der Waals surface area contributed by atoms with Crippen LogP contribution in [0.4, 0.5) is 5.69 Å². The fourth-order valence-corrected chi connectivity index (χ4v) is 3.47. The maximum absolute atomic E-state index is 12.3. The van der Waals surface area contributed by atoms with E-state index in [0.717, 1.165) is 24.4 Å². The molecule has 1 aromatic rings. The van der Waals surface area contributed by atoms with Crippen LogP contribution in [0, 0.1) is 5.92 Å². The summed E-state index contributed by atoms with van der Waals surface area (Å²) in [6.07, 6.45) is 10.1. The van der Waals surface area contributed by atoms with Crippen LogP contribution in [-0.2, 0) is 6.54 Å². The highest BCUT2D eigenvalue weighted by Gasteiger charge is 2.21. The predicted molar refractivity (Wildman–Crippen MR) is 90.8 cm³/mol. The average molecular weight is 356 g/mol. The Labute approximate surface area is 135 Å². The van der Waals surface area contributed by atoms with E-state index >= 15 is 0 Å². The van der Waals surface area contributed by atoms with Gasteiger partial charge in [-0.3, -0.25) is 4.79 Å². The molecule has 4 nitrogen and oxygen atoms in total. The Kier molecular flexibility index (Phi) is 6.27. The molecular weight excluding hydrogens is 330 g/mol. The van der Waals surface area contributed by atoms with Crippen molar-refractivity contribution in [3.8, 4) is 0 Å². The normalized spacial score (nSPS) is 22.2. The monoisotopic (exact) mass is 355 g/mol. The van der Waals surface area contributed by atoms with Crippen LogP contribution in [0.15, 0.2) is 15.5 Å². The van der Waals surface area contributed by atoms with Gasteiger partial charge in [-0.1, -0.05) is 39.5 Å². The fourth-order valence-electron chi connectivity index (χ4n) is 3.05. The standard InChI is InChI=1S/C16H26BrN3O/c1-3-5-9-20-16(21)15(17)14(11-18-20)19-13-8-6-7-12(4-2)10-13/h11-13,19H,3-10H2,1-2H3. The molecule has 1 aliphatic rings. The van der Waals surface area contributed by atoms with Gasteiger partial charge in [0.2, 0.25) is 0 Å². The zero-order valence-electron chi connectivity index (χ0n) is 13.1. The van der Waals surface area contributed by atoms with Crippen molar-refractivity contribution in [2.24, 2.45) is 5.92 Å². The highest BCUT2D eigenvalue weighted by atomic mass is 79.9. The molecule has 1 heterocycles. The molecule has 2 unspecified atom stereocenters. The van der Waals surface area contributed by atoms with Gasteiger partial charge in [0, 0.05) is 12.6 Å². The lowest BCUT2D eigenvalue weighted by molar-refractivity contribution is 0.327. The Morgan fingerprint density at radius 2 is 2.24 bits per heavy atom. The predicted octanol–water partition coefficient (Wildman–Crippen LogP) is 4.19.